The Morgan fingerprint density at radius 3 is 2.80 bits per heavy atom. The summed E-state index contributed by atoms with van der Waals surface area (Å²) < 4.78 is 12.4. The Bertz CT molecular complexity index is 901. The van der Waals surface area contributed by atoms with E-state index in [0.717, 1.165) is 24.0 Å². The van der Waals surface area contributed by atoms with Gasteiger partial charge in [-0.15, -0.1) is 0 Å². The Morgan fingerprint density at radius 1 is 1.33 bits per heavy atom. The molecule has 6 nitrogen and oxygen atoms in total. The Hall–Kier alpha value is -1.60. The lowest BCUT2D eigenvalue weighted by Crippen LogP contribution is -2.62. The number of carbonyl (C=O) groups is 2. The van der Waals surface area contributed by atoms with E-state index in [4.69, 9.17) is 9.47 Å². The van der Waals surface area contributed by atoms with Crippen molar-refractivity contribution >= 4 is 11.6 Å². The van der Waals surface area contributed by atoms with E-state index >= 15 is 0 Å². The summed E-state index contributed by atoms with van der Waals surface area (Å²) in [7, 11) is 0. The Kier molecular flexibility index (Phi) is 4.37. The highest BCUT2D eigenvalue weighted by atomic mass is 16.7. The molecule has 8 atom stereocenters. The number of aliphatic hydroxyl groups is 2. The van der Waals surface area contributed by atoms with Crippen LogP contribution in [-0.4, -0.2) is 52.5 Å². The highest BCUT2D eigenvalue weighted by molar-refractivity contribution is 6.01. The molecule has 3 fully saturated rings. The molecule has 5 rings (SSSR count). The standard InChI is InChI=1S/C24H30O6/c1-4-20-29-19-10-16-15-6-5-13-9-14(26)7-8-22(13,2)21(15)17(27)11-23(16,3)24(19,30-20)18(28)12-25/h7-10,15,17,19-21,25,27H,4-6,11-12H2,1-3H3/t15-,17-,19+,20?,21+,22-,23-,24+/m0/s1. The second-order valence-corrected chi connectivity index (χ2v) is 9.91. The lowest BCUT2D eigenvalue weighted by molar-refractivity contribution is -0.175. The molecule has 0 spiro atoms. The highest BCUT2D eigenvalue weighted by Crippen LogP contribution is 2.67. The Balaban J connectivity index is 1.61. The van der Waals surface area contributed by atoms with Crippen LogP contribution in [0.4, 0.5) is 0 Å². The van der Waals surface area contributed by atoms with E-state index in [1.54, 1.807) is 12.2 Å². The fourth-order valence-corrected chi connectivity index (χ4v) is 7.23. The smallest absolute Gasteiger partial charge is 0.193 e. The molecule has 2 saturated carbocycles. The van der Waals surface area contributed by atoms with Gasteiger partial charge in [0, 0.05) is 16.7 Å². The zero-order valence-electron chi connectivity index (χ0n) is 17.8. The number of Topliss-reactive ketones (excluding diaryl/α,β-unsaturated/α-hetero) is 1. The first-order chi connectivity index (χ1) is 14.2. The minimum Gasteiger partial charge on any atom is -0.393 e. The van der Waals surface area contributed by atoms with Gasteiger partial charge in [-0.2, -0.15) is 0 Å². The molecule has 0 radical (unpaired) electrons. The zero-order valence-corrected chi connectivity index (χ0v) is 17.8. The summed E-state index contributed by atoms with van der Waals surface area (Å²) in [5.74, 6) is -0.401. The lowest BCUT2D eigenvalue weighted by atomic mass is 9.47. The number of fused-ring (bicyclic) bond motifs is 7. The molecule has 0 bridgehead atoms. The van der Waals surface area contributed by atoms with Gasteiger partial charge in [-0.3, -0.25) is 9.59 Å². The van der Waals surface area contributed by atoms with Crippen molar-refractivity contribution in [2.45, 2.75) is 70.6 Å². The molecule has 1 saturated heterocycles. The van der Waals surface area contributed by atoms with Crippen molar-refractivity contribution in [3.05, 3.63) is 35.5 Å². The summed E-state index contributed by atoms with van der Waals surface area (Å²) in [6.45, 7) is 5.41. The number of hydrogen-bond acceptors (Lipinski definition) is 6. The van der Waals surface area contributed by atoms with Crippen LogP contribution in [-0.2, 0) is 19.1 Å². The molecule has 0 aromatic heterocycles. The van der Waals surface area contributed by atoms with Gasteiger partial charge in [0.15, 0.2) is 23.5 Å². The summed E-state index contributed by atoms with van der Waals surface area (Å²) in [5.41, 5.74) is -0.243. The van der Waals surface area contributed by atoms with Crippen molar-refractivity contribution < 1.29 is 29.3 Å². The minimum absolute atomic E-state index is 0.00517. The molecule has 1 aliphatic heterocycles. The van der Waals surface area contributed by atoms with Crippen molar-refractivity contribution in [3.8, 4) is 0 Å². The zero-order chi connectivity index (χ0) is 21.5. The van der Waals surface area contributed by atoms with Gasteiger partial charge in [0.05, 0.1) is 6.10 Å². The third-order valence-corrected chi connectivity index (χ3v) is 8.58. The van der Waals surface area contributed by atoms with Crippen LogP contribution in [0.15, 0.2) is 35.5 Å². The highest BCUT2D eigenvalue weighted by Gasteiger charge is 2.72. The summed E-state index contributed by atoms with van der Waals surface area (Å²) in [5, 5.41) is 21.3. The number of allylic oxidation sites excluding steroid dienone is 4. The van der Waals surface area contributed by atoms with E-state index in [9.17, 15) is 19.8 Å². The summed E-state index contributed by atoms with van der Waals surface area (Å²) >= 11 is 0. The third kappa shape index (κ3) is 2.28. The van der Waals surface area contributed by atoms with Gasteiger partial charge in [0.2, 0.25) is 0 Å². The van der Waals surface area contributed by atoms with Crippen LogP contribution in [0.5, 0.6) is 0 Å². The normalized spacial score (nSPS) is 49.0. The molecular formula is C24H30O6. The van der Waals surface area contributed by atoms with Crippen molar-refractivity contribution in [3.63, 3.8) is 0 Å². The van der Waals surface area contributed by atoms with Gasteiger partial charge in [0.25, 0.3) is 0 Å². The summed E-state index contributed by atoms with van der Waals surface area (Å²) in [6, 6.07) is 0. The first-order valence-corrected chi connectivity index (χ1v) is 11.0. The molecule has 0 amide bonds. The van der Waals surface area contributed by atoms with E-state index < -0.39 is 41.5 Å². The average molecular weight is 414 g/mol. The number of rotatable bonds is 3. The van der Waals surface area contributed by atoms with Gasteiger partial charge < -0.3 is 19.7 Å². The van der Waals surface area contributed by atoms with Crippen LogP contribution in [0.1, 0.15) is 46.5 Å². The minimum atomic E-state index is -1.29. The lowest BCUT2D eigenvalue weighted by Gasteiger charge is -2.58. The third-order valence-electron chi connectivity index (χ3n) is 8.58. The Labute approximate surface area is 176 Å². The van der Waals surface area contributed by atoms with Crippen LogP contribution in [0.3, 0.4) is 0 Å². The molecule has 1 heterocycles. The first kappa shape index (κ1) is 20.3. The van der Waals surface area contributed by atoms with Gasteiger partial charge in [-0.05, 0) is 43.8 Å². The van der Waals surface area contributed by atoms with Gasteiger partial charge in [0.1, 0.15) is 12.7 Å². The molecule has 5 aliphatic rings. The Morgan fingerprint density at radius 2 is 2.10 bits per heavy atom. The van der Waals surface area contributed by atoms with E-state index in [1.807, 2.05) is 26.0 Å². The number of carbonyl (C=O) groups excluding carboxylic acids is 2. The second kappa shape index (κ2) is 6.45. The monoisotopic (exact) mass is 414 g/mol. The number of ether oxygens (including phenoxy) is 2. The molecule has 1 unspecified atom stereocenters. The first-order valence-electron chi connectivity index (χ1n) is 11.0. The molecule has 0 aromatic carbocycles. The molecule has 6 heteroatoms. The SMILES string of the molecule is CCC1O[C@@H]2C=C3[C@@H]4CCC5=CC(=O)C=C[C@]5(C)[C@H]4[C@@H](O)C[C@]3(C)[C@]2(C(=O)CO)O1. The predicted octanol–water partition coefficient (Wildman–Crippen LogP) is 2.25. The van der Waals surface area contributed by atoms with Gasteiger partial charge in [-0.1, -0.05) is 44.1 Å². The van der Waals surface area contributed by atoms with Crippen LogP contribution in [0.25, 0.3) is 0 Å². The molecule has 30 heavy (non-hydrogen) atoms. The van der Waals surface area contributed by atoms with Crippen molar-refractivity contribution in [1.29, 1.82) is 0 Å². The topological polar surface area (TPSA) is 93.1 Å². The van der Waals surface area contributed by atoms with Crippen molar-refractivity contribution in [2.24, 2.45) is 22.7 Å². The maximum atomic E-state index is 13.1. The number of aliphatic hydroxyl groups excluding tert-OH is 2. The maximum absolute atomic E-state index is 13.1. The van der Waals surface area contributed by atoms with E-state index in [0.29, 0.717) is 12.8 Å². The van der Waals surface area contributed by atoms with Crippen LogP contribution in [0.2, 0.25) is 0 Å². The van der Waals surface area contributed by atoms with Gasteiger partial charge in [-0.25, -0.2) is 0 Å². The summed E-state index contributed by atoms with van der Waals surface area (Å²) in [4.78, 5) is 25.1. The quantitative estimate of drug-likeness (QED) is 0.688. The van der Waals surface area contributed by atoms with Crippen LogP contribution in [0, 0.1) is 22.7 Å². The average Bonchev–Trinajstić information content (AvgIpc) is 3.20. The number of ketones is 2. The van der Waals surface area contributed by atoms with E-state index in [2.05, 4.69) is 6.92 Å². The van der Waals surface area contributed by atoms with Crippen LogP contribution < -0.4 is 0 Å². The molecule has 2 N–H and O–H groups in total. The molecule has 0 aromatic rings. The number of hydrogen-bond donors (Lipinski definition) is 2. The van der Waals surface area contributed by atoms with E-state index in [1.165, 1.54) is 0 Å². The summed E-state index contributed by atoms with van der Waals surface area (Å²) in [6.07, 6.45) is 8.15. The fourth-order valence-electron chi connectivity index (χ4n) is 7.23. The van der Waals surface area contributed by atoms with Crippen molar-refractivity contribution in [1.82, 2.24) is 0 Å². The fraction of sp³-hybridized carbons (Fsp3) is 0.667. The van der Waals surface area contributed by atoms with E-state index in [-0.39, 0.29) is 23.4 Å². The molecular weight excluding hydrogens is 384 g/mol. The second-order valence-electron chi connectivity index (χ2n) is 9.91. The predicted molar refractivity (Wildman–Crippen MR) is 108 cm³/mol. The van der Waals surface area contributed by atoms with Crippen LogP contribution >= 0.6 is 0 Å². The largest absolute Gasteiger partial charge is 0.393 e. The van der Waals surface area contributed by atoms with Crippen molar-refractivity contribution in [2.75, 3.05) is 6.61 Å². The maximum Gasteiger partial charge on any atom is 0.193 e. The molecule has 162 valence electrons. The van der Waals surface area contributed by atoms with Gasteiger partial charge >= 0.3 is 0 Å². The molecule has 4 aliphatic carbocycles.